The van der Waals surface area contributed by atoms with Crippen molar-refractivity contribution in [2.24, 2.45) is 5.92 Å². The number of amides is 1. The minimum absolute atomic E-state index is 0.0563. The molecule has 1 N–H and O–H groups in total. The second-order valence-corrected chi connectivity index (χ2v) is 7.34. The van der Waals surface area contributed by atoms with Crippen molar-refractivity contribution in [1.29, 1.82) is 0 Å². The van der Waals surface area contributed by atoms with Gasteiger partial charge < -0.3 is 10.2 Å². The summed E-state index contributed by atoms with van der Waals surface area (Å²) in [5.41, 5.74) is 2.72. The van der Waals surface area contributed by atoms with E-state index in [1.165, 1.54) is 24.6 Å². The Bertz CT molecular complexity index is 744. The summed E-state index contributed by atoms with van der Waals surface area (Å²) >= 11 is 0. The van der Waals surface area contributed by atoms with Crippen LogP contribution in [0.1, 0.15) is 43.9 Å². The second-order valence-electron chi connectivity index (χ2n) is 7.34. The molecule has 3 nitrogen and oxygen atoms in total. The molecule has 3 rings (SSSR count). The highest BCUT2D eigenvalue weighted by Crippen LogP contribution is 2.24. The zero-order chi connectivity index (χ0) is 18.5. The summed E-state index contributed by atoms with van der Waals surface area (Å²) in [6, 6.07) is 14.7. The number of benzene rings is 2. The van der Waals surface area contributed by atoms with Crippen molar-refractivity contribution in [2.75, 3.05) is 18.0 Å². The summed E-state index contributed by atoms with van der Waals surface area (Å²) in [6.45, 7) is 6.47. The first-order valence-electron chi connectivity index (χ1n) is 9.40. The number of nitrogens with one attached hydrogen (secondary N) is 1. The zero-order valence-corrected chi connectivity index (χ0v) is 15.5. The fourth-order valence-electron chi connectivity index (χ4n) is 3.59. The molecule has 0 unspecified atom stereocenters. The van der Waals surface area contributed by atoms with E-state index in [1.54, 1.807) is 18.2 Å². The third kappa shape index (κ3) is 4.63. The van der Waals surface area contributed by atoms with Crippen LogP contribution in [0.5, 0.6) is 0 Å². The molecule has 4 heteroatoms. The molecular formula is C22H27FN2O. The van der Waals surface area contributed by atoms with Crippen molar-refractivity contribution in [3.05, 3.63) is 65.5 Å². The van der Waals surface area contributed by atoms with E-state index in [1.807, 2.05) is 6.92 Å². The van der Waals surface area contributed by atoms with Gasteiger partial charge in [-0.3, -0.25) is 4.79 Å². The summed E-state index contributed by atoms with van der Waals surface area (Å²) in [4.78, 5) is 14.6. The predicted molar refractivity (Wildman–Crippen MR) is 104 cm³/mol. The van der Waals surface area contributed by atoms with Gasteiger partial charge in [-0.05, 0) is 55.0 Å². The molecule has 0 aliphatic carbocycles. The molecule has 138 valence electrons. The van der Waals surface area contributed by atoms with Gasteiger partial charge in [0.05, 0.1) is 12.5 Å². The van der Waals surface area contributed by atoms with Crippen molar-refractivity contribution in [3.8, 4) is 0 Å². The number of halogens is 1. The Kier molecular flexibility index (Phi) is 5.92. The quantitative estimate of drug-likeness (QED) is 0.858. The monoisotopic (exact) mass is 354 g/mol. The third-order valence-electron chi connectivity index (χ3n) is 5.10. The Morgan fingerprint density at radius 1 is 1.23 bits per heavy atom. The van der Waals surface area contributed by atoms with Crippen LogP contribution in [-0.2, 0) is 11.2 Å². The minimum atomic E-state index is -0.338. The van der Waals surface area contributed by atoms with Gasteiger partial charge in [0.2, 0.25) is 5.91 Å². The number of nitrogens with zero attached hydrogens (tertiary/aromatic N) is 1. The average Bonchev–Trinajstić information content (AvgIpc) is 2.64. The van der Waals surface area contributed by atoms with E-state index in [-0.39, 0.29) is 24.2 Å². The van der Waals surface area contributed by atoms with E-state index in [2.05, 4.69) is 41.4 Å². The molecule has 1 saturated heterocycles. The molecule has 26 heavy (non-hydrogen) atoms. The Balaban J connectivity index is 1.58. The molecule has 0 spiro atoms. The Labute approximate surface area is 155 Å². The van der Waals surface area contributed by atoms with Crippen LogP contribution in [0.3, 0.4) is 0 Å². The maximum atomic E-state index is 13.7. The summed E-state index contributed by atoms with van der Waals surface area (Å²) < 4.78 is 13.7. The largest absolute Gasteiger partial charge is 0.371 e. The Morgan fingerprint density at radius 3 is 2.65 bits per heavy atom. The molecule has 0 aromatic heterocycles. The van der Waals surface area contributed by atoms with Crippen LogP contribution in [0.25, 0.3) is 0 Å². The first-order chi connectivity index (χ1) is 12.5. The number of hydrogen-bond donors (Lipinski definition) is 1. The predicted octanol–water partition coefficient (Wildman–Crippen LogP) is 4.48. The molecule has 0 radical (unpaired) electrons. The van der Waals surface area contributed by atoms with Gasteiger partial charge >= 0.3 is 0 Å². The molecule has 0 bridgehead atoms. The van der Waals surface area contributed by atoms with E-state index < -0.39 is 0 Å². The van der Waals surface area contributed by atoms with Gasteiger partial charge in [0.1, 0.15) is 5.82 Å². The summed E-state index contributed by atoms with van der Waals surface area (Å²) in [5.74, 6) is 0.229. The topological polar surface area (TPSA) is 32.3 Å². The second kappa shape index (κ2) is 8.35. The van der Waals surface area contributed by atoms with Gasteiger partial charge in [0, 0.05) is 18.8 Å². The van der Waals surface area contributed by atoms with Crippen LogP contribution in [0.15, 0.2) is 48.5 Å². The summed E-state index contributed by atoms with van der Waals surface area (Å²) in [5, 5.41) is 2.96. The minimum Gasteiger partial charge on any atom is -0.371 e. The van der Waals surface area contributed by atoms with Gasteiger partial charge in [-0.15, -0.1) is 0 Å². The van der Waals surface area contributed by atoms with Crippen molar-refractivity contribution in [2.45, 2.75) is 39.2 Å². The Morgan fingerprint density at radius 2 is 1.96 bits per heavy atom. The number of carbonyl (C=O) groups is 1. The van der Waals surface area contributed by atoms with Crippen molar-refractivity contribution >= 4 is 11.6 Å². The molecule has 1 amide bonds. The molecule has 1 heterocycles. The zero-order valence-electron chi connectivity index (χ0n) is 15.5. The summed E-state index contributed by atoms with van der Waals surface area (Å²) in [6.07, 6.45) is 2.60. The van der Waals surface area contributed by atoms with Crippen molar-refractivity contribution < 1.29 is 9.18 Å². The SMILES string of the molecule is C[C@H]1CCCN(c2ccc([C@H](C)NC(=O)Cc3ccccc3F)cc2)C1. The third-order valence-corrected chi connectivity index (χ3v) is 5.10. The molecule has 0 saturated carbocycles. The Hall–Kier alpha value is -2.36. The standard InChI is InChI=1S/C22H27FN2O/c1-16-6-5-13-25(15-16)20-11-9-18(10-12-20)17(2)24-22(26)14-19-7-3-4-8-21(19)23/h3-4,7-12,16-17H,5-6,13-15H2,1-2H3,(H,24,26)/t16-,17-/m0/s1. The van der Waals surface area contributed by atoms with E-state index in [0.29, 0.717) is 5.56 Å². The van der Waals surface area contributed by atoms with Crippen LogP contribution in [0.2, 0.25) is 0 Å². The van der Waals surface area contributed by atoms with Gasteiger partial charge in [-0.25, -0.2) is 4.39 Å². The van der Waals surface area contributed by atoms with E-state index >= 15 is 0 Å². The number of carbonyl (C=O) groups excluding carboxylic acids is 1. The highest BCUT2D eigenvalue weighted by atomic mass is 19.1. The molecular weight excluding hydrogens is 327 g/mol. The maximum Gasteiger partial charge on any atom is 0.225 e. The van der Waals surface area contributed by atoms with Gasteiger partial charge in [-0.2, -0.15) is 0 Å². The smallest absolute Gasteiger partial charge is 0.225 e. The summed E-state index contributed by atoms with van der Waals surface area (Å²) in [7, 11) is 0. The van der Waals surface area contributed by atoms with Gasteiger partial charge in [0.15, 0.2) is 0 Å². The van der Waals surface area contributed by atoms with Crippen LogP contribution in [-0.4, -0.2) is 19.0 Å². The van der Waals surface area contributed by atoms with Crippen LogP contribution < -0.4 is 10.2 Å². The molecule has 2 atom stereocenters. The normalized spacial score (nSPS) is 18.4. The molecule has 1 aliphatic rings. The highest BCUT2D eigenvalue weighted by Gasteiger charge is 2.17. The maximum absolute atomic E-state index is 13.7. The average molecular weight is 354 g/mol. The first-order valence-corrected chi connectivity index (χ1v) is 9.40. The molecule has 2 aromatic rings. The lowest BCUT2D eigenvalue weighted by atomic mass is 9.99. The van der Waals surface area contributed by atoms with Gasteiger partial charge in [-0.1, -0.05) is 37.3 Å². The lowest BCUT2D eigenvalue weighted by Gasteiger charge is -2.33. The molecule has 2 aromatic carbocycles. The van der Waals surface area contributed by atoms with Crippen molar-refractivity contribution in [3.63, 3.8) is 0 Å². The van der Waals surface area contributed by atoms with Crippen LogP contribution in [0.4, 0.5) is 10.1 Å². The van der Waals surface area contributed by atoms with E-state index in [4.69, 9.17) is 0 Å². The van der Waals surface area contributed by atoms with E-state index in [0.717, 1.165) is 24.6 Å². The molecule has 1 aliphatic heterocycles. The number of anilines is 1. The lowest BCUT2D eigenvalue weighted by molar-refractivity contribution is -0.121. The van der Waals surface area contributed by atoms with Crippen LogP contribution in [0, 0.1) is 11.7 Å². The van der Waals surface area contributed by atoms with Crippen LogP contribution >= 0.6 is 0 Å². The number of hydrogen-bond acceptors (Lipinski definition) is 2. The highest BCUT2D eigenvalue weighted by molar-refractivity contribution is 5.79. The van der Waals surface area contributed by atoms with E-state index in [9.17, 15) is 9.18 Å². The first kappa shape index (κ1) is 18.4. The number of piperidine rings is 1. The van der Waals surface area contributed by atoms with Gasteiger partial charge in [0.25, 0.3) is 0 Å². The molecule has 1 fully saturated rings. The fourth-order valence-corrected chi connectivity index (χ4v) is 3.59. The fraction of sp³-hybridized carbons (Fsp3) is 0.409. The van der Waals surface area contributed by atoms with Crippen molar-refractivity contribution in [1.82, 2.24) is 5.32 Å². The number of rotatable bonds is 5. The lowest BCUT2D eigenvalue weighted by Crippen LogP contribution is -2.34.